The van der Waals surface area contributed by atoms with Crippen LogP contribution in [-0.2, 0) is 9.59 Å². The van der Waals surface area contributed by atoms with Crippen molar-refractivity contribution < 1.29 is 14.7 Å². The molecule has 0 spiro atoms. The molecule has 0 aliphatic heterocycles. The molecule has 1 amide bonds. The Kier molecular flexibility index (Phi) is 5.02. The first kappa shape index (κ1) is 15.3. The van der Waals surface area contributed by atoms with Gasteiger partial charge in [0, 0.05) is 18.5 Å². The second-order valence-electron chi connectivity index (χ2n) is 6.49. The summed E-state index contributed by atoms with van der Waals surface area (Å²) >= 11 is 0. The predicted molar refractivity (Wildman–Crippen MR) is 76.1 cm³/mol. The lowest BCUT2D eigenvalue weighted by molar-refractivity contribution is -0.150. The van der Waals surface area contributed by atoms with Gasteiger partial charge in [-0.15, -0.1) is 0 Å². The van der Waals surface area contributed by atoms with Gasteiger partial charge in [0.25, 0.3) is 0 Å². The minimum absolute atomic E-state index is 0.0113. The highest BCUT2D eigenvalue weighted by Crippen LogP contribution is 2.35. The third-order valence-corrected chi connectivity index (χ3v) is 4.96. The monoisotopic (exact) mass is 282 g/mol. The number of hydrogen-bond acceptors (Lipinski definition) is 3. The van der Waals surface area contributed by atoms with Gasteiger partial charge in [0.2, 0.25) is 5.91 Å². The molecule has 20 heavy (non-hydrogen) atoms. The third-order valence-electron chi connectivity index (χ3n) is 4.96. The van der Waals surface area contributed by atoms with Gasteiger partial charge in [-0.2, -0.15) is 0 Å². The molecule has 0 aromatic heterocycles. The fourth-order valence-electron chi connectivity index (χ4n) is 3.53. The number of rotatable bonds is 4. The molecule has 0 aromatic carbocycles. The number of nitrogens with one attached hydrogen (secondary N) is 1. The van der Waals surface area contributed by atoms with E-state index in [4.69, 9.17) is 5.73 Å². The average molecular weight is 282 g/mol. The molecule has 0 saturated heterocycles. The average Bonchev–Trinajstić information content (AvgIpc) is 2.71. The Morgan fingerprint density at radius 3 is 2.30 bits per heavy atom. The number of carbonyl (C=O) groups is 2. The Morgan fingerprint density at radius 2 is 1.80 bits per heavy atom. The second-order valence-corrected chi connectivity index (χ2v) is 6.49. The largest absolute Gasteiger partial charge is 0.481 e. The summed E-state index contributed by atoms with van der Waals surface area (Å²) in [7, 11) is 0. The van der Waals surface area contributed by atoms with Gasteiger partial charge in [-0.1, -0.05) is 25.7 Å². The molecule has 0 bridgehead atoms. The summed E-state index contributed by atoms with van der Waals surface area (Å²) in [5, 5.41) is 12.5. The fraction of sp³-hybridized carbons (Fsp3) is 0.867. The SMILES string of the molecule is NC1CCC(C(=O)NCC2(C(=O)O)CCCCCC2)C1. The van der Waals surface area contributed by atoms with E-state index in [9.17, 15) is 14.7 Å². The normalized spacial score (nSPS) is 29.6. The van der Waals surface area contributed by atoms with Crippen molar-refractivity contribution in [3.63, 3.8) is 0 Å². The molecule has 0 radical (unpaired) electrons. The van der Waals surface area contributed by atoms with Crippen LogP contribution in [0.15, 0.2) is 0 Å². The number of amides is 1. The van der Waals surface area contributed by atoms with E-state index in [0.717, 1.165) is 44.9 Å². The molecule has 2 saturated carbocycles. The lowest BCUT2D eigenvalue weighted by atomic mass is 9.80. The summed E-state index contributed by atoms with van der Waals surface area (Å²) in [5.74, 6) is -0.799. The molecule has 2 rings (SSSR count). The first-order chi connectivity index (χ1) is 9.53. The Hall–Kier alpha value is -1.10. The van der Waals surface area contributed by atoms with Crippen molar-refractivity contribution in [3.8, 4) is 0 Å². The van der Waals surface area contributed by atoms with Gasteiger partial charge >= 0.3 is 5.97 Å². The second kappa shape index (κ2) is 6.57. The Morgan fingerprint density at radius 1 is 1.15 bits per heavy atom. The van der Waals surface area contributed by atoms with Gasteiger partial charge in [0.1, 0.15) is 0 Å². The van der Waals surface area contributed by atoms with Crippen LogP contribution in [0.5, 0.6) is 0 Å². The van der Waals surface area contributed by atoms with E-state index in [1.54, 1.807) is 0 Å². The minimum Gasteiger partial charge on any atom is -0.481 e. The van der Waals surface area contributed by atoms with E-state index in [2.05, 4.69) is 5.32 Å². The van der Waals surface area contributed by atoms with E-state index < -0.39 is 11.4 Å². The number of carboxylic acids is 1. The third kappa shape index (κ3) is 3.51. The van der Waals surface area contributed by atoms with Crippen LogP contribution < -0.4 is 11.1 Å². The quantitative estimate of drug-likeness (QED) is 0.684. The zero-order valence-corrected chi connectivity index (χ0v) is 12.1. The Labute approximate surface area is 120 Å². The molecule has 114 valence electrons. The van der Waals surface area contributed by atoms with E-state index in [1.807, 2.05) is 0 Å². The summed E-state index contributed by atoms with van der Waals surface area (Å²) < 4.78 is 0. The predicted octanol–water partition coefficient (Wildman–Crippen LogP) is 1.66. The molecule has 2 aliphatic rings. The van der Waals surface area contributed by atoms with Crippen LogP contribution in [0.4, 0.5) is 0 Å². The first-order valence-corrected chi connectivity index (χ1v) is 7.80. The molecule has 2 aliphatic carbocycles. The minimum atomic E-state index is -0.761. The van der Waals surface area contributed by atoms with Gasteiger partial charge in [-0.05, 0) is 32.1 Å². The summed E-state index contributed by atoms with van der Waals surface area (Å²) in [4.78, 5) is 23.8. The van der Waals surface area contributed by atoms with E-state index >= 15 is 0 Å². The van der Waals surface area contributed by atoms with Crippen molar-refractivity contribution in [3.05, 3.63) is 0 Å². The van der Waals surface area contributed by atoms with Crippen LogP contribution in [-0.4, -0.2) is 29.6 Å². The zero-order chi connectivity index (χ0) is 14.6. The first-order valence-electron chi connectivity index (χ1n) is 7.80. The summed E-state index contributed by atoms with van der Waals surface area (Å²) in [6.45, 7) is 0.271. The van der Waals surface area contributed by atoms with E-state index in [0.29, 0.717) is 12.8 Å². The number of aliphatic carboxylic acids is 1. The summed E-state index contributed by atoms with van der Waals surface area (Å²) in [5.41, 5.74) is 5.07. The molecule has 2 atom stereocenters. The van der Waals surface area contributed by atoms with Gasteiger partial charge in [-0.25, -0.2) is 0 Å². The van der Waals surface area contributed by atoms with Crippen molar-refractivity contribution >= 4 is 11.9 Å². The highest BCUT2D eigenvalue weighted by molar-refractivity contribution is 5.81. The summed E-state index contributed by atoms with van der Waals surface area (Å²) in [6, 6.07) is 0.122. The van der Waals surface area contributed by atoms with Gasteiger partial charge < -0.3 is 16.2 Å². The van der Waals surface area contributed by atoms with Crippen molar-refractivity contribution in [1.29, 1.82) is 0 Å². The number of carboxylic acid groups (broad SMARTS) is 1. The van der Waals surface area contributed by atoms with Crippen LogP contribution in [0.25, 0.3) is 0 Å². The van der Waals surface area contributed by atoms with Crippen molar-refractivity contribution in [2.75, 3.05) is 6.54 Å². The van der Waals surface area contributed by atoms with Crippen LogP contribution in [0.1, 0.15) is 57.8 Å². The van der Waals surface area contributed by atoms with Crippen LogP contribution in [0.3, 0.4) is 0 Å². The van der Waals surface area contributed by atoms with Gasteiger partial charge in [0.05, 0.1) is 5.41 Å². The van der Waals surface area contributed by atoms with Crippen LogP contribution in [0, 0.1) is 11.3 Å². The topological polar surface area (TPSA) is 92.4 Å². The highest BCUT2D eigenvalue weighted by Gasteiger charge is 2.39. The number of nitrogens with two attached hydrogens (primary N) is 1. The molecule has 0 aromatic rings. The molecule has 5 nitrogen and oxygen atoms in total. The lowest BCUT2D eigenvalue weighted by Crippen LogP contribution is -2.44. The molecule has 0 heterocycles. The van der Waals surface area contributed by atoms with Crippen molar-refractivity contribution in [2.45, 2.75) is 63.8 Å². The van der Waals surface area contributed by atoms with E-state index in [1.165, 1.54) is 0 Å². The Balaban J connectivity index is 1.91. The van der Waals surface area contributed by atoms with Crippen LogP contribution in [0.2, 0.25) is 0 Å². The smallest absolute Gasteiger partial charge is 0.311 e. The van der Waals surface area contributed by atoms with Crippen molar-refractivity contribution in [2.24, 2.45) is 17.1 Å². The zero-order valence-electron chi connectivity index (χ0n) is 12.1. The molecule has 2 fully saturated rings. The molecule has 4 N–H and O–H groups in total. The number of hydrogen-bond donors (Lipinski definition) is 3. The van der Waals surface area contributed by atoms with Gasteiger partial charge in [0.15, 0.2) is 0 Å². The molecular weight excluding hydrogens is 256 g/mol. The number of carbonyl (C=O) groups excluding carboxylic acids is 1. The standard InChI is InChI=1S/C15H26N2O3/c16-12-6-5-11(9-12)13(18)17-10-15(14(19)20)7-3-1-2-4-8-15/h11-12H,1-10,16H2,(H,17,18)(H,19,20). The maximum absolute atomic E-state index is 12.1. The molecule has 2 unspecified atom stereocenters. The maximum atomic E-state index is 12.1. The summed E-state index contributed by atoms with van der Waals surface area (Å²) in [6.07, 6.45) is 7.87. The van der Waals surface area contributed by atoms with Crippen molar-refractivity contribution in [1.82, 2.24) is 5.32 Å². The lowest BCUT2D eigenvalue weighted by Gasteiger charge is -2.28. The molecular formula is C15H26N2O3. The van der Waals surface area contributed by atoms with Crippen LogP contribution >= 0.6 is 0 Å². The van der Waals surface area contributed by atoms with Gasteiger partial charge in [-0.3, -0.25) is 9.59 Å². The Bertz CT molecular complexity index is 362. The van der Waals surface area contributed by atoms with E-state index in [-0.39, 0.29) is 24.4 Å². The highest BCUT2D eigenvalue weighted by atomic mass is 16.4. The maximum Gasteiger partial charge on any atom is 0.311 e. The fourth-order valence-corrected chi connectivity index (χ4v) is 3.53. The molecule has 5 heteroatoms.